The van der Waals surface area contributed by atoms with Gasteiger partial charge in [0.2, 0.25) is 5.78 Å². The summed E-state index contributed by atoms with van der Waals surface area (Å²) in [6.07, 6.45) is 0. The van der Waals surface area contributed by atoms with Gasteiger partial charge in [-0.2, -0.15) is 0 Å². The Kier molecular flexibility index (Phi) is 3.51. The zero-order valence-corrected chi connectivity index (χ0v) is 11.5. The Morgan fingerprint density at radius 1 is 1.41 bits per heavy atom. The largest absolute Gasteiger partial charge is 0.396 e. The lowest BCUT2D eigenvalue weighted by atomic mass is 10.1. The molecule has 0 atom stereocenters. The zero-order chi connectivity index (χ0) is 12.6. The Labute approximate surface area is 114 Å². The van der Waals surface area contributed by atoms with Crippen molar-refractivity contribution in [1.29, 1.82) is 0 Å². The number of thiophene rings is 1. The van der Waals surface area contributed by atoms with Gasteiger partial charge < -0.3 is 5.73 Å². The van der Waals surface area contributed by atoms with Gasteiger partial charge in [0.05, 0.1) is 19.4 Å². The van der Waals surface area contributed by atoms with Crippen LogP contribution in [0.5, 0.6) is 0 Å². The molecule has 0 aliphatic carbocycles. The normalized spacial score (nSPS) is 10.5. The maximum atomic E-state index is 13.2. The number of nitrogen functional groups attached to an aromatic ring is 1. The van der Waals surface area contributed by atoms with Crippen LogP contribution in [0.4, 0.5) is 10.1 Å². The molecule has 0 aliphatic rings. The number of anilines is 1. The quantitative estimate of drug-likeness (QED) is 0.663. The molecule has 0 saturated heterocycles. The van der Waals surface area contributed by atoms with Gasteiger partial charge >= 0.3 is 0 Å². The van der Waals surface area contributed by atoms with Crippen molar-refractivity contribution in [3.8, 4) is 0 Å². The third-order valence-corrected chi connectivity index (χ3v) is 4.61. The van der Waals surface area contributed by atoms with E-state index >= 15 is 0 Å². The number of hydrogen-bond donors (Lipinski definition) is 1. The summed E-state index contributed by atoms with van der Waals surface area (Å²) in [4.78, 5) is 12.4. The fourth-order valence-corrected chi connectivity index (χ4v) is 2.93. The third kappa shape index (κ3) is 2.51. The summed E-state index contributed by atoms with van der Waals surface area (Å²) in [5, 5.41) is 0.467. The molecule has 88 valence electrons. The van der Waals surface area contributed by atoms with Crippen LogP contribution in [0.2, 0.25) is 5.02 Å². The van der Waals surface area contributed by atoms with Gasteiger partial charge in [0.1, 0.15) is 5.82 Å². The second-order valence-electron chi connectivity index (χ2n) is 3.30. The van der Waals surface area contributed by atoms with E-state index < -0.39 is 5.82 Å². The van der Waals surface area contributed by atoms with E-state index in [0.29, 0.717) is 13.7 Å². The smallest absolute Gasteiger partial charge is 0.203 e. The molecule has 0 unspecified atom stereocenters. The second-order valence-corrected chi connectivity index (χ2v) is 6.08. The Balaban J connectivity index is 2.40. The van der Waals surface area contributed by atoms with Crippen molar-refractivity contribution in [3.05, 3.63) is 49.3 Å². The molecule has 2 nitrogen and oxygen atoms in total. The first kappa shape index (κ1) is 12.5. The van der Waals surface area contributed by atoms with Crippen molar-refractivity contribution in [2.45, 2.75) is 0 Å². The Bertz CT molecular complexity index is 580. The van der Waals surface area contributed by atoms with Crippen LogP contribution < -0.4 is 5.73 Å². The predicted octanol–water partition coefficient (Wildman–Crippen LogP) is 4.12. The summed E-state index contributed by atoms with van der Waals surface area (Å²) in [5.41, 5.74) is 5.62. The van der Waals surface area contributed by atoms with Crippen molar-refractivity contribution < 1.29 is 9.18 Å². The molecule has 0 saturated carbocycles. The highest BCUT2D eigenvalue weighted by atomic mass is 79.9. The minimum absolute atomic E-state index is 0.0203. The van der Waals surface area contributed by atoms with Crippen LogP contribution in [0.15, 0.2) is 28.1 Å². The van der Waals surface area contributed by atoms with Gasteiger partial charge in [-0.1, -0.05) is 11.6 Å². The van der Waals surface area contributed by atoms with Gasteiger partial charge in [0.25, 0.3) is 0 Å². The molecule has 17 heavy (non-hydrogen) atoms. The molecule has 0 spiro atoms. The highest BCUT2D eigenvalue weighted by Gasteiger charge is 2.15. The van der Waals surface area contributed by atoms with E-state index in [4.69, 9.17) is 17.3 Å². The van der Waals surface area contributed by atoms with E-state index in [9.17, 15) is 9.18 Å². The van der Waals surface area contributed by atoms with Crippen molar-refractivity contribution >= 4 is 50.3 Å². The summed E-state index contributed by atoms with van der Waals surface area (Å²) in [7, 11) is 0. The van der Waals surface area contributed by atoms with E-state index in [0.717, 1.165) is 6.07 Å². The zero-order valence-electron chi connectivity index (χ0n) is 8.34. The van der Waals surface area contributed by atoms with Gasteiger partial charge in [-0.25, -0.2) is 4.39 Å². The molecule has 0 radical (unpaired) electrons. The Morgan fingerprint density at radius 2 is 2.12 bits per heavy atom. The minimum Gasteiger partial charge on any atom is -0.396 e. The van der Waals surface area contributed by atoms with E-state index in [1.54, 1.807) is 6.07 Å². The van der Waals surface area contributed by atoms with Crippen LogP contribution in [0.3, 0.4) is 0 Å². The molecule has 0 bridgehead atoms. The number of rotatable bonds is 2. The highest BCUT2D eigenvalue weighted by Crippen LogP contribution is 2.33. The van der Waals surface area contributed by atoms with Gasteiger partial charge in [0.15, 0.2) is 0 Å². The maximum Gasteiger partial charge on any atom is 0.203 e. The van der Waals surface area contributed by atoms with Gasteiger partial charge in [-0.15, -0.1) is 11.3 Å². The molecule has 6 heteroatoms. The lowest BCUT2D eigenvalue weighted by Gasteiger charge is -2.00. The first-order chi connectivity index (χ1) is 7.99. The van der Waals surface area contributed by atoms with E-state index in [1.807, 2.05) is 0 Å². The fourth-order valence-electron chi connectivity index (χ4n) is 1.27. The number of hydrogen-bond acceptors (Lipinski definition) is 3. The van der Waals surface area contributed by atoms with Crippen LogP contribution in [0.25, 0.3) is 0 Å². The van der Waals surface area contributed by atoms with Crippen molar-refractivity contribution in [2.24, 2.45) is 0 Å². The first-order valence-electron chi connectivity index (χ1n) is 4.53. The summed E-state index contributed by atoms with van der Waals surface area (Å²) in [5.74, 6) is -0.876. The van der Waals surface area contributed by atoms with Crippen LogP contribution in [0.1, 0.15) is 15.2 Å². The monoisotopic (exact) mass is 333 g/mol. The molecule has 1 aromatic heterocycles. The number of carbonyl (C=O) groups is 1. The average molecular weight is 335 g/mol. The number of halogens is 3. The lowest BCUT2D eigenvalue weighted by Crippen LogP contribution is -2.00. The van der Waals surface area contributed by atoms with Gasteiger partial charge in [0, 0.05) is 5.56 Å². The Hall–Kier alpha value is -0.910. The van der Waals surface area contributed by atoms with Crippen LogP contribution in [0, 0.1) is 5.82 Å². The molecule has 0 fully saturated rings. The molecular weight excluding hydrogens is 329 g/mol. The fraction of sp³-hybridized carbons (Fsp3) is 0. The van der Waals surface area contributed by atoms with Crippen molar-refractivity contribution in [1.82, 2.24) is 0 Å². The van der Waals surface area contributed by atoms with Gasteiger partial charge in [-0.05, 0) is 40.2 Å². The maximum absolute atomic E-state index is 13.2. The van der Waals surface area contributed by atoms with Crippen molar-refractivity contribution in [2.75, 3.05) is 5.73 Å². The Morgan fingerprint density at radius 3 is 2.65 bits per heavy atom. The summed E-state index contributed by atoms with van der Waals surface area (Å²) in [6.45, 7) is 0. The summed E-state index contributed by atoms with van der Waals surface area (Å²) < 4.78 is 13.9. The summed E-state index contributed by atoms with van der Waals surface area (Å²) in [6, 6.07) is 5.53. The molecule has 1 aromatic carbocycles. The van der Waals surface area contributed by atoms with Crippen LogP contribution >= 0.6 is 38.9 Å². The lowest BCUT2D eigenvalue weighted by molar-refractivity contribution is 0.104. The first-order valence-corrected chi connectivity index (χ1v) is 6.52. The third-order valence-electron chi connectivity index (χ3n) is 2.13. The second kappa shape index (κ2) is 4.76. The minimum atomic E-state index is -0.599. The number of nitrogens with two attached hydrogens (primary N) is 1. The van der Waals surface area contributed by atoms with Crippen molar-refractivity contribution in [3.63, 3.8) is 0 Å². The van der Waals surface area contributed by atoms with Crippen LogP contribution in [-0.2, 0) is 0 Å². The molecule has 1 heterocycles. The molecule has 0 aliphatic heterocycles. The molecular formula is C11H6BrClFNOS. The SMILES string of the molecule is Nc1ccc(C(=O)c2cc(Cl)c(Br)s2)cc1F. The highest BCUT2D eigenvalue weighted by molar-refractivity contribution is 9.11. The van der Waals surface area contributed by atoms with Gasteiger partial charge in [-0.3, -0.25) is 4.79 Å². The number of benzene rings is 1. The standard InChI is InChI=1S/C11H6BrClFNOS/c12-11-6(13)4-9(17-11)10(16)5-1-2-8(15)7(14)3-5/h1-4H,15H2. The number of carbonyl (C=O) groups excluding carboxylic acids is 1. The van der Waals surface area contributed by atoms with E-state index in [2.05, 4.69) is 15.9 Å². The number of ketones is 1. The summed E-state index contributed by atoms with van der Waals surface area (Å²) >= 11 is 10.3. The molecule has 0 amide bonds. The van der Waals surface area contributed by atoms with E-state index in [-0.39, 0.29) is 17.0 Å². The van der Waals surface area contributed by atoms with Crippen LogP contribution in [-0.4, -0.2) is 5.78 Å². The average Bonchev–Trinajstić information content (AvgIpc) is 2.62. The molecule has 2 N–H and O–H groups in total. The van der Waals surface area contributed by atoms with E-state index in [1.165, 1.54) is 23.5 Å². The predicted molar refractivity (Wildman–Crippen MR) is 71.3 cm³/mol. The topological polar surface area (TPSA) is 43.1 Å². The molecule has 2 aromatic rings. The molecule has 2 rings (SSSR count).